The summed E-state index contributed by atoms with van der Waals surface area (Å²) in [5.74, 6) is 0.163. The zero-order chi connectivity index (χ0) is 14.0. The number of hydrogen-bond donors (Lipinski definition) is 2. The van der Waals surface area contributed by atoms with Crippen molar-refractivity contribution in [1.82, 2.24) is 5.32 Å². The SMILES string of the molecule is C/C(=C/C(=O)NCc1cc(C(=O)O)c(C)o1)C1CC1. The highest BCUT2D eigenvalue weighted by Crippen LogP contribution is 2.35. The summed E-state index contributed by atoms with van der Waals surface area (Å²) in [5, 5.41) is 11.6. The van der Waals surface area contributed by atoms with Gasteiger partial charge in [0.2, 0.25) is 5.91 Å². The number of aromatic carboxylic acids is 1. The Morgan fingerprint density at radius 3 is 2.74 bits per heavy atom. The summed E-state index contributed by atoms with van der Waals surface area (Å²) < 4.78 is 5.27. The Kier molecular flexibility index (Phi) is 3.74. The normalized spacial score (nSPS) is 15.4. The molecule has 1 aromatic heterocycles. The van der Waals surface area contributed by atoms with Gasteiger partial charge in [0.15, 0.2) is 0 Å². The molecule has 0 spiro atoms. The number of allylic oxidation sites excluding steroid dienone is 1. The van der Waals surface area contributed by atoms with Gasteiger partial charge in [-0.15, -0.1) is 0 Å². The van der Waals surface area contributed by atoms with Gasteiger partial charge in [-0.05, 0) is 38.7 Å². The van der Waals surface area contributed by atoms with Gasteiger partial charge in [0.25, 0.3) is 0 Å². The summed E-state index contributed by atoms with van der Waals surface area (Å²) in [6.07, 6.45) is 3.93. The molecule has 0 aromatic carbocycles. The van der Waals surface area contributed by atoms with Crippen molar-refractivity contribution < 1.29 is 19.1 Å². The number of amides is 1. The number of carbonyl (C=O) groups is 2. The second kappa shape index (κ2) is 5.30. The Morgan fingerprint density at radius 1 is 1.53 bits per heavy atom. The number of hydrogen-bond acceptors (Lipinski definition) is 3. The summed E-state index contributed by atoms with van der Waals surface area (Å²) in [5.41, 5.74) is 1.23. The molecule has 2 rings (SSSR count). The molecular formula is C14H17NO4. The first-order valence-electron chi connectivity index (χ1n) is 6.26. The van der Waals surface area contributed by atoms with Crippen molar-refractivity contribution in [2.24, 2.45) is 5.92 Å². The van der Waals surface area contributed by atoms with Gasteiger partial charge in [0.1, 0.15) is 17.1 Å². The highest BCUT2D eigenvalue weighted by Gasteiger charge is 2.23. The van der Waals surface area contributed by atoms with Crippen molar-refractivity contribution in [3.05, 3.63) is 34.8 Å². The van der Waals surface area contributed by atoms with Crippen LogP contribution in [0.2, 0.25) is 0 Å². The van der Waals surface area contributed by atoms with Gasteiger partial charge in [-0.25, -0.2) is 4.79 Å². The first-order valence-corrected chi connectivity index (χ1v) is 6.26. The molecule has 0 saturated heterocycles. The molecule has 1 amide bonds. The molecule has 1 saturated carbocycles. The maximum atomic E-state index is 11.6. The molecule has 0 atom stereocenters. The minimum absolute atomic E-state index is 0.133. The van der Waals surface area contributed by atoms with Crippen LogP contribution in [0.15, 0.2) is 22.1 Å². The molecule has 19 heavy (non-hydrogen) atoms. The molecule has 0 bridgehead atoms. The van der Waals surface area contributed by atoms with Gasteiger partial charge in [0.05, 0.1) is 6.54 Å². The minimum Gasteiger partial charge on any atom is -0.478 e. The van der Waals surface area contributed by atoms with E-state index in [-0.39, 0.29) is 18.0 Å². The molecule has 1 aliphatic carbocycles. The van der Waals surface area contributed by atoms with Crippen LogP contribution in [-0.4, -0.2) is 17.0 Å². The molecule has 0 radical (unpaired) electrons. The lowest BCUT2D eigenvalue weighted by Gasteiger charge is -2.00. The van der Waals surface area contributed by atoms with Crippen LogP contribution in [0.3, 0.4) is 0 Å². The van der Waals surface area contributed by atoms with E-state index in [1.807, 2.05) is 6.92 Å². The topological polar surface area (TPSA) is 79.5 Å². The predicted molar refractivity (Wildman–Crippen MR) is 68.7 cm³/mol. The first-order chi connectivity index (χ1) is 8.97. The second-order valence-corrected chi connectivity index (χ2v) is 4.87. The van der Waals surface area contributed by atoms with E-state index in [1.54, 1.807) is 13.0 Å². The van der Waals surface area contributed by atoms with Crippen LogP contribution in [0.25, 0.3) is 0 Å². The zero-order valence-electron chi connectivity index (χ0n) is 11.0. The fourth-order valence-electron chi connectivity index (χ4n) is 1.93. The number of carbonyl (C=O) groups excluding carboxylic acids is 1. The fraction of sp³-hybridized carbons (Fsp3) is 0.429. The van der Waals surface area contributed by atoms with E-state index in [2.05, 4.69) is 5.32 Å². The summed E-state index contributed by atoms with van der Waals surface area (Å²) >= 11 is 0. The predicted octanol–water partition coefficient (Wildman–Crippen LogP) is 2.26. The Balaban J connectivity index is 1.91. The molecule has 102 valence electrons. The maximum absolute atomic E-state index is 11.6. The van der Waals surface area contributed by atoms with Gasteiger partial charge in [0, 0.05) is 6.08 Å². The van der Waals surface area contributed by atoms with Crippen LogP contribution in [-0.2, 0) is 11.3 Å². The molecule has 0 unspecified atom stereocenters. The third-order valence-electron chi connectivity index (χ3n) is 3.22. The zero-order valence-corrected chi connectivity index (χ0v) is 11.0. The quantitative estimate of drug-likeness (QED) is 0.798. The average Bonchev–Trinajstić information content (AvgIpc) is 3.10. The number of carboxylic acids is 1. The monoisotopic (exact) mass is 263 g/mol. The molecule has 1 aliphatic rings. The Labute approximate surface area is 111 Å². The van der Waals surface area contributed by atoms with Crippen LogP contribution >= 0.6 is 0 Å². The van der Waals surface area contributed by atoms with Crippen molar-refractivity contribution in [3.8, 4) is 0 Å². The molecule has 2 N–H and O–H groups in total. The Morgan fingerprint density at radius 2 is 2.21 bits per heavy atom. The number of rotatable bonds is 5. The standard InChI is InChI=1S/C14H17NO4/c1-8(10-3-4-10)5-13(16)15-7-11-6-12(14(17)18)9(2)19-11/h5-6,10H,3-4,7H2,1-2H3,(H,15,16)(H,17,18)/b8-5-. The highest BCUT2D eigenvalue weighted by atomic mass is 16.4. The van der Waals surface area contributed by atoms with E-state index in [1.165, 1.54) is 6.07 Å². The van der Waals surface area contributed by atoms with Crippen LogP contribution in [0.1, 0.15) is 41.6 Å². The van der Waals surface area contributed by atoms with Crippen LogP contribution < -0.4 is 5.32 Å². The summed E-state index contributed by atoms with van der Waals surface area (Å²) in [4.78, 5) is 22.5. The van der Waals surface area contributed by atoms with Crippen LogP contribution in [0.5, 0.6) is 0 Å². The number of furan rings is 1. The smallest absolute Gasteiger partial charge is 0.339 e. The molecule has 5 nitrogen and oxygen atoms in total. The second-order valence-electron chi connectivity index (χ2n) is 4.87. The lowest BCUT2D eigenvalue weighted by molar-refractivity contribution is -0.116. The van der Waals surface area contributed by atoms with Crippen LogP contribution in [0.4, 0.5) is 0 Å². The lowest BCUT2D eigenvalue weighted by atomic mass is 10.2. The fourth-order valence-corrected chi connectivity index (χ4v) is 1.93. The van der Waals surface area contributed by atoms with Crippen molar-refractivity contribution >= 4 is 11.9 Å². The number of carboxylic acid groups (broad SMARTS) is 1. The summed E-state index contributed by atoms with van der Waals surface area (Å²) in [7, 11) is 0. The highest BCUT2D eigenvalue weighted by molar-refractivity contribution is 5.89. The summed E-state index contributed by atoms with van der Waals surface area (Å²) in [6, 6.07) is 1.44. The maximum Gasteiger partial charge on any atom is 0.339 e. The molecular weight excluding hydrogens is 246 g/mol. The largest absolute Gasteiger partial charge is 0.478 e. The van der Waals surface area contributed by atoms with Gasteiger partial charge in [-0.3, -0.25) is 4.79 Å². The molecule has 1 heterocycles. The third-order valence-corrected chi connectivity index (χ3v) is 3.22. The minimum atomic E-state index is -1.02. The average molecular weight is 263 g/mol. The molecule has 0 aliphatic heterocycles. The molecule has 1 fully saturated rings. The Bertz CT molecular complexity index is 538. The van der Waals surface area contributed by atoms with Gasteiger partial charge in [-0.1, -0.05) is 5.57 Å². The van der Waals surface area contributed by atoms with Gasteiger partial charge >= 0.3 is 5.97 Å². The van der Waals surface area contributed by atoms with E-state index < -0.39 is 5.97 Å². The van der Waals surface area contributed by atoms with Crippen molar-refractivity contribution in [1.29, 1.82) is 0 Å². The number of aryl methyl sites for hydroxylation is 1. The summed E-state index contributed by atoms with van der Waals surface area (Å²) in [6.45, 7) is 3.74. The van der Waals surface area contributed by atoms with Crippen LogP contribution in [0, 0.1) is 12.8 Å². The number of nitrogens with one attached hydrogen (secondary N) is 1. The van der Waals surface area contributed by atoms with E-state index in [0.29, 0.717) is 17.4 Å². The van der Waals surface area contributed by atoms with Crippen molar-refractivity contribution in [3.63, 3.8) is 0 Å². The van der Waals surface area contributed by atoms with E-state index in [0.717, 1.165) is 18.4 Å². The first kappa shape index (κ1) is 13.4. The Hall–Kier alpha value is -2.04. The third kappa shape index (κ3) is 3.47. The van der Waals surface area contributed by atoms with Gasteiger partial charge < -0.3 is 14.8 Å². The van der Waals surface area contributed by atoms with E-state index >= 15 is 0 Å². The van der Waals surface area contributed by atoms with Crippen molar-refractivity contribution in [2.75, 3.05) is 0 Å². The molecule has 1 aromatic rings. The van der Waals surface area contributed by atoms with Crippen molar-refractivity contribution in [2.45, 2.75) is 33.2 Å². The lowest BCUT2D eigenvalue weighted by Crippen LogP contribution is -2.20. The van der Waals surface area contributed by atoms with Gasteiger partial charge in [-0.2, -0.15) is 0 Å². The van der Waals surface area contributed by atoms with E-state index in [4.69, 9.17) is 9.52 Å². The molecule has 5 heteroatoms. The van der Waals surface area contributed by atoms with E-state index in [9.17, 15) is 9.59 Å².